The SMILES string of the molecule is O=C(NC1CCCCC1)N(Cc1c(F)cccc1F)CC1CCNCC1. The van der Waals surface area contributed by atoms with Crippen LogP contribution in [0.25, 0.3) is 0 Å². The van der Waals surface area contributed by atoms with E-state index >= 15 is 0 Å². The third-order valence-electron chi connectivity index (χ3n) is 5.57. The fraction of sp³-hybridized carbons (Fsp3) is 0.650. The normalized spacial score (nSPS) is 19.3. The van der Waals surface area contributed by atoms with Crippen molar-refractivity contribution in [1.82, 2.24) is 15.5 Å². The maximum absolute atomic E-state index is 14.1. The minimum atomic E-state index is -0.592. The van der Waals surface area contributed by atoms with Crippen LogP contribution in [0.1, 0.15) is 50.5 Å². The topological polar surface area (TPSA) is 44.4 Å². The average Bonchev–Trinajstić information content (AvgIpc) is 2.65. The molecule has 26 heavy (non-hydrogen) atoms. The molecule has 6 heteroatoms. The molecule has 144 valence electrons. The Bertz CT molecular complexity index is 578. The molecule has 0 radical (unpaired) electrons. The van der Waals surface area contributed by atoms with Crippen molar-refractivity contribution in [3.8, 4) is 0 Å². The molecule has 1 saturated heterocycles. The van der Waals surface area contributed by atoms with E-state index in [0.717, 1.165) is 51.6 Å². The van der Waals surface area contributed by atoms with Gasteiger partial charge in [-0.05, 0) is 56.8 Å². The van der Waals surface area contributed by atoms with E-state index in [9.17, 15) is 13.6 Å². The second kappa shape index (κ2) is 9.31. The maximum atomic E-state index is 14.1. The zero-order chi connectivity index (χ0) is 18.4. The van der Waals surface area contributed by atoms with Crippen molar-refractivity contribution in [1.29, 1.82) is 0 Å². The molecule has 2 aliphatic rings. The molecule has 1 aliphatic carbocycles. The lowest BCUT2D eigenvalue weighted by Crippen LogP contribution is -2.47. The van der Waals surface area contributed by atoms with E-state index in [4.69, 9.17) is 0 Å². The predicted octanol–water partition coefficient (Wildman–Crippen LogP) is 3.81. The number of hydrogen-bond acceptors (Lipinski definition) is 2. The fourth-order valence-corrected chi connectivity index (χ4v) is 3.98. The summed E-state index contributed by atoms with van der Waals surface area (Å²) in [5.74, 6) is -0.820. The van der Waals surface area contributed by atoms with Crippen LogP contribution >= 0.6 is 0 Å². The number of carbonyl (C=O) groups excluding carboxylic acids is 1. The van der Waals surface area contributed by atoms with Gasteiger partial charge in [-0.25, -0.2) is 13.6 Å². The smallest absolute Gasteiger partial charge is 0.317 e. The van der Waals surface area contributed by atoms with Gasteiger partial charge in [0.2, 0.25) is 0 Å². The van der Waals surface area contributed by atoms with Gasteiger partial charge in [0.15, 0.2) is 0 Å². The Balaban J connectivity index is 1.70. The van der Waals surface area contributed by atoms with Crippen LogP contribution in [0.4, 0.5) is 13.6 Å². The molecule has 2 fully saturated rings. The number of carbonyl (C=O) groups is 1. The Hall–Kier alpha value is -1.69. The van der Waals surface area contributed by atoms with E-state index in [1.165, 1.54) is 24.6 Å². The van der Waals surface area contributed by atoms with Crippen molar-refractivity contribution in [2.75, 3.05) is 19.6 Å². The van der Waals surface area contributed by atoms with Gasteiger partial charge in [0.05, 0.1) is 6.54 Å². The zero-order valence-electron chi connectivity index (χ0n) is 15.3. The van der Waals surface area contributed by atoms with Gasteiger partial charge in [-0.15, -0.1) is 0 Å². The highest BCUT2D eigenvalue weighted by molar-refractivity contribution is 5.74. The summed E-state index contributed by atoms with van der Waals surface area (Å²) in [4.78, 5) is 14.5. The summed E-state index contributed by atoms with van der Waals surface area (Å²) in [5, 5.41) is 6.41. The molecule has 0 unspecified atom stereocenters. The minimum Gasteiger partial charge on any atom is -0.335 e. The van der Waals surface area contributed by atoms with E-state index in [0.29, 0.717) is 12.5 Å². The van der Waals surface area contributed by atoms with E-state index < -0.39 is 11.6 Å². The molecule has 1 aliphatic heterocycles. The Morgan fingerprint density at radius 2 is 1.73 bits per heavy atom. The monoisotopic (exact) mass is 365 g/mol. The van der Waals surface area contributed by atoms with Crippen molar-refractivity contribution >= 4 is 6.03 Å². The number of benzene rings is 1. The molecule has 1 heterocycles. The highest BCUT2D eigenvalue weighted by Crippen LogP contribution is 2.21. The number of halogens is 2. The molecule has 1 aromatic carbocycles. The average molecular weight is 365 g/mol. The maximum Gasteiger partial charge on any atom is 0.317 e. The minimum absolute atomic E-state index is 0.0268. The van der Waals surface area contributed by atoms with E-state index in [-0.39, 0.29) is 24.2 Å². The molecule has 2 amide bonds. The Labute approximate surface area is 154 Å². The van der Waals surface area contributed by atoms with Gasteiger partial charge in [0.25, 0.3) is 0 Å². The van der Waals surface area contributed by atoms with Crippen LogP contribution in [-0.2, 0) is 6.54 Å². The van der Waals surface area contributed by atoms with Crippen LogP contribution in [-0.4, -0.2) is 36.6 Å². The van der Waals surface area contributed by atoms with Crippen LogP contribution < -0.4 is 10.6 Å². The van der Waals surface area contributed by atoms with Gasteiger partial charge in [-0.2, -0.15) is 0 Å². The third-order valence-corrected chi connectivity index (χ3v) is 5.57. The van der Waals surface area contributed by atoms with Crippen LogP contribution in [0, 0.1) is 17.6 Å². The first-order valence-corrected chi connectivity index (χ1v) is 9.82. The van der Waals surface area contributed by atoms with E-state index in [1.54, 1.807) is 4.90 Å². The van der Waals surface area contributed by atoms with Gasteiger partial charge in [0, 0.05) is 18.2 Å². The van der Waals surface area contributed by atoms with E-state index in [2.05, 4.69) is 10.6 Å². The Kier molecular flexibility index (Phi) is 6.83. The lowest BCUT2D eigenvalue weighted by Gasteiger charge is -2.32. The first-order valence-electron chi connectivity index (χ1n) is 9.82. The molecule has 0 aromatic heterocycles. The largest absolute Gasteiger partial charge is 0.335 e. The van der Waals surface area contributed by atoms with Gasteiger partial charge in [0.1, 0.15) is 11.6 Å². The summed E-state index contributed by atoms with van der Waals surface area (Å²) in [7, 11) is 0. The molecular formula is C20H29F2N3O. The van der Waals surface area contributed by atoms with Crippen LogP contribution in [0.5, 0.6) is 0 Å². The van der Waals surface area contributed by atoms with Crippen LogP contribution in [0.15, 0.2) is 18.2 Å². The quantitative estimate of drug-likeness (QED) is 0.833. The molecule has 0 atom stereocenters. The molecule has 1 saturated carbocycles. The van der Waals surface area contributed by atoms with Gasteiger partial charge in [-0.1, -0.05) is 25.3 Å². The summed E-state index contributed by atoms with van der Waals surface area (Å²) < 4.78 is 28.2. The van der Waals surface area contributed by atoms with Gasteiger partial charge < -0.3 is 15.5 Å². The summed E-state index contributed by atoms with van der Waals surface area (Å²) >= 11 is 0. The summed E-state index contributed by atoms with van der Waals surface area (Å²) in [5.41, 5.74) is -0.0276. The van der Waals surface area contributed by atoms with Gasteiger partial charge >= 0.3 is 6.03 Å². The number of hydrogen-bond donors (Lipinski definition) is 2. The lowest BCUT2D eigenvalue weighted by molar-refractivity contribution is 0.168. The third kappa shape index (κ3) is 5.16. The van der Waals surface area contributed by atoms with Crippen LogP contribution in [0.3, 0.4) is 0 Å². The molecule has 1 aromatic rings. The Morgan fingerprint density at radius 3 is 2.38 bits per heavy atom. The molecular weight excluding hydrogens is 336 g/mol. The first-order chi connectivity index (χ1) is 12.6. The second-order valence-electron chi connectivity index (χ2n) is 7.56. The number of piperidine rings is 1. The number of rotatable bonds is 5. The molecule has 2 N–H and O–H groups in total. The van der Waals surface area contributed by atoms with Crippen molar-refractivity contribution in [3.63, 3.8) is 0 Å². The number of nitrogens with one attached hydrogen (secondary N) is 2. The predicted molar refractivity (Wildman–Crippen MR) is 97.8 cm³/mol. The molecule has 3 rings (SSSR count). The number of nitrogens with zero attached hydrogens (tertiary/aromatic N) is 1. The van der Waals surface area contributed by atoms with Crippen molar-refractivity contribution in [3.05, 3.63) is 35.4 Å². The lowest BCUT2D eigenvalue weighted by atomic mass is 9.95. The summed E-state index contributed by atoms with van der Waals surface area (Å²) in [6, 6.07) is 3.84. The Morgan fingerprint density at radius 1 is 1.08 bits per heavy atom. The van der Waals surface area contributed by atoms with Crippen LogP contribution in [0.2, 0.25) is 0 Å². The fourth-order valence-electron chi connectivity index (χ4n) is 3.98. The highest BCUT2D eigenvalue weighted by atomic mass is 19.1. The van der Waals surface area contributed by atoms with Gasteiger partial charge in [-0.3, -0.25) is 0 Å². The van der Waals surface area contributed by atoms with E-state index in [1.807, 2.05) is 0 Å². The molecule has 4 nitrogen and oxygen atoms in total. The zero-order valence-corrected chi connectivity index (χ0v) is 15.3. The summed E-state index contributed by atoms with van der Waals surface area (Å²) in [6.07, 6.45) is 7.40. The number of urea groups is 1. The highest BCUT2D eigenvalue weighted by Gasteiger charge is 2.25. The second-order valence-corrected chi connectivity index (χ2v) is 7.56. The van der Waals surface area contributed by atoms with Crippen molar-refractivity contribution < 1.29 is 13.6 Å². The van der Waals surface area contributed by atoms with Crippen molar-refractivity contribution in [2.24, 2.45) is 5.92 Å². The van der Waals surface area contributed by atoms with Crippen molar-refractivity contribution in [2.45, 2.75) is 57.5 Å². The molecule has 0 spiro atoms. The first kappa shape index (κ1) is 19.1. The molecule has 0 bridgehead atoms. The summed E-state index contributed by atoms with van der Waals surface area (Å²) in [6.45, 7) is 2.36. The standard InChI is InChI=1S/C20H29F2N3O/c21-18-7-4-8-19(22)17(18)14-25(13-15-9-11-23-12-10-15)20(26)24-16-5-2-1-3-6-16/h4,7-8,15-16,23H,1-3,5-6,9-14H2,(H,24,26). The number of amides is 2.